The van der Waals surface area contributed by atoms with Crippen molar-refractivity contribution in [3.8, 4) is 0 Å². The molecule has 0 spiro atoms. The molecular weight excluding hydrogens is 314 g/mol. The van der Waals surface area contributed by atoms with E-state index in [0.717, 1.165) is 0 Å². The minimum Gasteiger partial charge on any atom is -1.00 e. The number of hydrogen-bond acceptors (Lipinski definition) is 0. The molecular formula is F4U-4. The molecule has 0 heterocycles. The molecule has 5 heavy (non-hydrogen) atoms. The van der Waals surface area contributed by atoms with Gasteiger partial charge in [0.15, 0.2) is 0 Å². The Kier molecular flexibility index (Phi) is 5030. The van der Waals surface area contributed by atoms with E-state index < -0.39 is 0 Å². The summed E-state index contributed by atoms with van der Waals surface area (Å²) in [7, 11) is 0. The molecule has 0 unspecified atom stereocenters. The van der Waals surface area contributed by atoms with Crippen molar-refractivity contribution in [2.24, 2.45) is 0 Å². The summed E-state index contributed by atoms with van der Waals surface area (Å²) in [6, 6.07) is 0. The molecule has 0 bridgehead atoms. The Labute approximate surface area is 50.2 Å². The first-order valence-electron chi connectivity index (χ1n) is 0. The van der Waals surface area contributed by atoms with Crippen LogP contribution in [0.5, 0.6) is 0 Å². The van der Waals surface area contributed by atoms with E-state index in [1.165, 1.54) is 0 Å². The number of rotatable bonds is 0. The fraction of sp³-hybridized carbons (Fsp3) is 0. The SMILES string of the molecule is [F-].[F-].[F-].[F-].[U]. The van der Waals surface area contributed by atoms with E-state index in [1.54, 1.807) is 0 Å². The fourth-order valence-corrected chi connectivity index (χ4v) is 0. The van der Waals surface area contributed by atoms with Crippen LogP contribution in [0.1, 0.15) is 0 Å². The Morgan fingerprint density at radius 3 is 0.400 bits per heavy atom. The van der Waals surface area contributed by atoms with Crippen molar-refractivity contribution >= 4 is 0 Å². The Balaban J connectivity index is 0. The predicted molar refractivity (Wildman–Crippen MR) is 0 cm³/mol. The van der Waals surface area contributed by atoms with Crippen molar-refractivity contribution in [1.29, 1.82) is 0 Å². The summed E-state index contributed by atoms with van der Waals surface area (Å²) in [4.78, 5) is 0. The zero-order valence-corrected chi connectivity index (χ0v) is 6.18. The van der Waals surface area contributed by atoms with Crippen LogP contribution in [0, 0.1) is 31.1 Å². The molecule has 0 aromatic rings. The van der Waals surface area contributed by atoms with Crippen LogP contribution in [-0.2, 0) is 0 Å². The van der Waals surface area contributed by atoms with E-state index >= 15 is 0 Å². The Morgan fingerprint density at radius 2 is 0.400 bits per heavy atom. The van der Waals surface area contributed by atoms with Crippen molar-refractivity contribution in [2.45, 2.75) is 0 Å². The Bertz CT molecular complexity index is 3.61. The molecule has 0 saturated carbocycles. The molecule has 0 N–H and O–H groups in total. The molecule has 0 aliphatic rings. The maximum Gasteiger partial charge on any atom is 0 e. The minimum absolute atomic E-state index is 0. The summed E-state index contributed by atoms with van der Waals surface area (Å²) in [6.07, 6.45) is 0. The predicted octanol–water partition coefficient (Wildman–Crippen LogP) is -12.0. The van der Waals surface area contributed by atoms with Gasteiger partial charge in [-0.15, -0.1) is 0 Å². The van der Waals surface area contributed by atoms with Crippen LogP contribution >= 0.6 is 0 Å². The van der Waals surface area contributed by atoms with E-state index in [-0.39, 0.29) is 49.9 Å². The van der Waals surface area contributed by atoms with Gasteiger partial charge >= 0.3 is 0 Å². The summed E-state index contributed by atoms with van der Waals surface area (Å²) in [6.45, 7) is 0. The van der Waals surface area contributed by atoms with Crippen LogP contribution in [0.15, 0.2) is 0 Å². The first-order valence-corrected chi connectivity index (χ1v) is 0. The van der Waals surface area contributed by atoms with Gasteiger partial charge in [-0.25, -0.2) is 0 Å². The van der Waals surface area contributed by atoms with Crippen LogP contribution < -0.4 is 18.8 Å². The zero-order chi connectivity index (χ0) is 0. The maximum absolute atomic E-state index is 0. The van der Waals surface area contributed by atoms with Crippen molar-refractivity contribution < 1.29 is 49.9 Å². The van der Waals surface area contributed by atoms with Crippen LogP contribution in [0.4, 0.5) is 0 Å². The van der Waals surface area contributed by atoms with Gasteiger partial charge in [-0.3, -0.25) is 0 Å². The second kappa shape index (κ2) is 114. The van der Waals surface area contributed by atoms with E-state index in [9.17, 15) is 0 Å². The number of halogens is 4. The van der Waals surface area contributed by atoms with Gasteiger partial charge in [0.2, 0.25) is 0 Å². The summed E-state index contributed by atoms with van der Waals surface area (Å²) in [5.74, 6) is 0. The smallest absolute Gasteiger partial charge is 0 e. The molecule has 0 fully saturated rings. The largest absolute Gasteiger partial charge is 1.00 e. The van der Waals surface area contributed by atoms with Gasteiger partial charge in [0.25, 0.3) is 0 Å². The summed E-state index contributed by atoms with van der Waals surface area (Å²) < 4.78 is 0. The van der Waals surface area contributed by atoms with Crippen LogP contribution in [0.3, 0.4) is 0 Å². The normalized spacial score (nSPS) is 0. The molecule has 0 aromatic carbocycles. The van der Waals surface area contributed by atoms with Crippen molar-refractivity contribution in [3.05, 3.63) is 0 Å². The molecule has 0 nitrogen and oxygen atoms in total. The molecule has 36 valence electrons. The van der Waals surface area contributed by atoms with Gasteiger partial charge in [0, 0.05) is 31.1 Å². The van der Waals surface area contributed by atoms with Gasteiger partial charge in [0.1, 0.15) is 0 Å². The third kappa shape index (κ3) is 61.5. The monoisotopic (exact) mass is 314 g/mol. The zero-order valence-electron chi connectivity index (χ0n) is 2.01. The van der Waals surface area contributed by atoms with Gasteiger partial charge in [0.05, 0.1) is 0 Å². The van der Waals surface area contributed by atoms with Crippen LogP contribution in [-0.4, -0.2) is 0 Å². The second-order valence-corrected chi connectivity index (χ2v) is 0. The first kappa shape index (κ1) is 221. The molecule has 0 atom stereocenters. The third-order valence-electron chi connectivity index (χ3n) is 0. The van der Waals surface area contributed by atoms with Crippen LogP contribution in [0.2, 0.25) is 0 Å². The van der Waals surface area contributed by atoms with E-state index in [1.807, 2.05) is 0 Å². The Hall–Kier alpha value is 0.772. The summed E-state index contributed by atoms with van der Waals surface area (Å²) in [5, 5.41) is 0. The quantitative estimate of drug-likeness (QED) is 0.390. The molecule has 0 rings (SSSR count). The standard InChI is InChI=1S/4FH.U/h4*1H;/p-4. The van der Waals surface area contributed by atoms with E-state index in [0.29, 0.717) is 0 Å². The summed E-state index contributed by atoms with van der Waals surface area (Å²) in [5.41, 5.74) is 0. The summed E-state index contributed by atoms with van der Waals surface area (Å²) >= 11 is 0. The fourth-order valence-electron chi connectivity index (χ4n) is 0. The minimum atomic E-state index is 0. The Morgan fingerprint density at radius 1 is 0.400 bits per heavy atom. The van der Waals surface area contributed by atoms with Gasteiger partial charge in [-0.1, -0.05) is 0 Å². The van der Waals surface area contributed by atoms with E-state index in [2.05, 4.69) is 0 Å². The second-order valence-electron chi connectivity index (χ2n) is 0. The topological polar surface area (TPSA) is 0 Å². The average molecular weight is 314 g/mol. The van der Waals surface area contributed by atoms with Crippen molar-refractivity contribution in [1.82, 2.24) is 0 Å². The first-order chi connectivity index (χ1) is 0. The molecule has 0 aliphatic heterocycles. The van der Waals surface area contributed by atoms with Gasteiger partial charge < -0.3 is 18.8 Å². The third-order valence-corrected chi connectivity index (χ3v) is 0. The molecule has 0 saturated heterocycles. The van der Waals surface area contributed by atoms with Crippen molar-refractivity contribution in [2.75, 3.05) is 0 Å². The van der Waals surface area contributed by atoms with Gasteiger partial charge in [-0.05, 0) is 0 Å². The molecule has 0 aromatic heterocycles. The average Bonchev–Trinajstić information content (AvgIpc) is 0. The molecule has 0 aliphatic carbocycles. The maximum atomic E-state index is 0. The van der Waals surface area contributed by atoms with Crippen molar-refractivity contribution in [3.63, 3.8) is 0 Å². The van der Waals surface area contributed by atoms with Crippen LogP contribution in [0.25, 0.3) is 0 Å². The molecule has 0 radical (unpaired) electrons. The molecule has 0 amide bonds. The molecule has 5 heteroatoms. The van der Waals surface area contributed by atoms with Gasteiger partial charge in [-0.2, -0.15) is 0 Å². The number of hydrogen-bond donors (Lipinski definition) is 0. The van der Waals surface area contributed by atoms with E-state index in [4.69, 9.17) is 0 Å².